The smallest absolute Gasteiger partial charge is 0.471 e. The Hall–Kier alpha value is -2.32. The van der Waals surface area contributed by atoms with Gasteiger partial charge in [0.05, 0.1) is 18.8 Å². The lowest BCUT2D eigenvalue weighted by atomic mass is 9.98. The van der Waals surface area contributed by atoms with Gasteiger partial charge in [0.2, 0.25) is 0 Å². The molecule has 0 bridgehead atoms. The van der Waals surface area contributed by atoms with Gasteiger partial charge < -0.3 is 9.64 Å². The average Bonchev–Trinajstić information content (AvgIpc) is 2.43. The summed E-state index contributed by atoms with van der Waals surface area (Å²) in [6.45, 7) is -3.63. The maximum Gasteiger partial charge on any atom is 0.471 e. The van der Waals surface area contributed by atoms with E-state index in [-0.39, 0.29) is 16.9 Å². The Kier molecular flexibility index (Phi) is 2.39. The van der Waals surface area contributed by atoms with Crippen LogP contribution in [-0.2, 0) is 17.7 Å². The number of alkyl halides is 3. The Morgan fingerprint density at radius 3 is 2.81 bits per heavy atom. The third-order valence-electron chi connectivity index (χ3n) is 2.84. The van der Waals surface area contributed by atoms with Crippen LogP contribution < -0.4 is 4.74 Å². The molecule has 0 radical (unpaired) electrons. The molecule has 1 heterocycles. The van der Waals surface area contributed by atoms with E-state index in [2.05, 4.69) is 4.74 Å². The molecule has 0 atom stereocenters. The van der Waals surface area contributed by atoms with Crippen molar-refractivity contribution in [2.75, 3.05) is 13.6 Å². The standard InChI is InChI=1S/C12H11F3N2O4/c1-21-10-5-7-2-3-16(11(18)12(13,14)15)6-8(7)4-9(10)17(19)20/h4-5H,2-3,6H2,1H3/i1D3,6D2. The van der Waals surface area contributed by atoms with Crippen molar-refractivity contribution in [1.82, 2.24) is 4.90 Å². The summed E-state index contributed by atoms with van der Waals surface area (Å²) in [5.74, 6) is -3.08. The second-order valence-corrected chi connectivity index (χ2v) is 4.15. The maximum absolute atomic E-state index is 12.7. The molecule has 6 nitrogen and oxygen atoms in total. The van der Waals surface area contributed by atoms with Crippen LogP contribution in [0.5, 0.6) is 5.75 Å². The summed E-state index contributed by atoms with van der Waals surface area (Å²) >= 11 is 0. The molecule has 1 aromatic rings. The first-order valence-electron chi connectivity index (χ1n) is 8.04. The maximum atomic E-state index is 12.7. The van der Waals surface area contributed by atoms with Crippen molar-refractivity contribution in [3.8, 4) is 5.75 Å². The number of ether oxygens (including phenoxy) is 1. The monoisotopic (exact) mass is 309 g/mol. The van der Waals surface area contributed by atoms with Crippen LogP contribution in [0.1, 0.15) is 18.0 Å². The van der Waals surface area contributed by atoms with Crippen molar-refractivity contribution in [1.29, 1.82) is 0 Å². The molecule has 1 amide bonds. The second-order valence-electron chi connectivity index (χ2n) is 4.15. The topological polar surface area (TPSA) is 72.7 Å². The van der Waals surface area contributed by atoms with Gasteiger partial charge in [-0.2, -0.15) is 13.2 Å². The third kappa shape index (κ3) is 2.91. The molecule has 114 valence electrons. The van der Waals surface area contributed by atoms with Crippen molar-refractivity contribution in [3.05, 3.63) is 33.4 Å². The van der Waals surface area contributed by atoms with Gasteiger partial charge in [0.1, 0.15) is 0 Å². The van der Waals surface area contributed by atoms with Gasteiger partial charge >= 0.3 is 17.8 Å². The molecule has 0 saturated carbocycles. The Labute approximate surface area is 124 Å². The minimum Gasteiger partial charge on any atom is -0.490 e. The molecule has 1 aromatic carbocycles. The molecule has 0 saturated heterocycles. The summed E-state index contributed by atoms with van der Waals surface area (Å²) in [7, 11) is -3.02. The number of benzene rings is 1. The van der Waals surface area contributed by atoms with Crippen molar-refractivity contribution in [2.45, 2.75) is 19.1 Å². The molecule has 0 unspecified atom stereocenters. The molecule has 1 aliphatic rings. The number of hydrogen-bond acceptors (Lipinski definition) is 4. The van der Waals surface area contributed by atoms with Gasteiger partial charge in [-0.05, 0) is 23.6 Å². The third-order valence-corrected chi connectivity index (χ3v) is 2.84. The molecule has 0 fully saturated rings. The van der Waals surface area contributed by atoms with Gasteiger partial charge in [0, 0.05) is 19.1 Å². The number of amides is 1. The van der Waals surface area contributed by atoms with Crippen molar-refractivity contribution >= 4 is 11.6 Å². The zero-order valence-electron chi connectivity index (χ0n) is 15.2. The van der Waals surface area contributed by atoms with Crippen molar-refractivity contribution in [2.24, 2.45) is 0 Å². The highest BCUT2D eigenvalue weighted by Crippen LogP contribution is 2.34. The molecule has 21 heavy (non-hydrogen) atoms. The molecule has 0 N–H and O–H groups in total. The fraction of sp³-hybridized carbons (Fsp3) is 0.417. The molecule has 0 aromatic heterocycles. The van der Waals surface area contributed by atoms with E-state index in [4.69, 9.17) is 6.85 Å². The number of hydrogen-bond donors (Lipinski definition) is 0. The lowest BCUT2D eigenvalue weighted by Crippen LogP contribution is -2.43. The van der Waals surface area contributed by atoms with Crippen LogP contribution in [0, 0.1) is 10.1 Å². The van der Waals surface area contributed by atoms with Gasteiger partial charge in [0.15, 0.2) is 5.75 Å². The number of fused-ring (bicyclic) bond motifs is 1. The highest BCUT2D eigenvalue weighted by atomic mass is 19.4. The molecule has 2 rings (SSSR count). The lowest BCUT2D eigenvalue weighted by Gasteiger charge is -2.29. The Morgan fingerprint density at radius 1 is 1.52 bits per heavy atom. The first kappa shape index (κ1) is 9.59. The van der Waals surface area contributed by atoms with E-state index >= 15 is 0 Å². The highest BCUT2D eigenvalue weighted by molar-refractivity contribution is 5.82. The summed E-state index contributed by atoms with van der Waals surface area (Å²) in [4.78, 5) is 21.5. The van der Waals surface area contributed by atoms with E-state index in [0.29, 0.717) is 6.07 Å². The van der Waals surface area contributed by atoms with Crippen molar-refractivity contribution < 1.29 is 34.5 Å². The minimum absolute atomic E-state index is 0.00562. The molecule has 9 heteroatoms. The predicted octanol–water partition coefficient (Wildman–Crippen LogP) is 2.05. The van der Waals surface area contributed by atoms with Gasteiger partial charge in [0.25, 0.3) is 0 Å². The van der Waals surface area contributed by atoms with Gasteiger partial charge in [-0.15, -0.1) is 0 Å². The summed E-state index contributed by atoms with van der Waals surface area (Å²) in [6.07, 6.45) is -5.59. The Bertz CT molecular complexity index is 766. The lowest BCUT2D eigenvalue weighted by molar-refractivity contribution is -0.385. The number of nitrogens with zero attached hydrogens (tertiary/aromatic N) is 2. The first-order chi connectivity index (χ1) is 11.6. The molecular weight excluding hydrogens is 293 g/mol. The number of methoxy groups -OCH3 is 1. The number of nitro benzene ring substituents is 1. The summed E-state index contributed by atoms with van der Waals surface area (Å²) in [6, 6.07) is 1.49. The van der Waals surface area contributed by atoms with E-state index in [1.807, 2.05) is 0 Å². The number of nitro groups is 1. The van der Waals surface area contributed by atoms with E-state index in [9.17, 15) is 28.1 Å². The quantitative estimate of drug-likeness (QED) is 0.619. The average molecular weight is 309 g/mol. The molecular formula is C12H11F3N2O4. The molecule has 1 aliphatic heterocycles. The van der Waals surface area contributed by atoms with Crippen LogP contribution in [0.3, 0.4) is 0 Å². The highest BCUT2D eigenvalue weighted by Gasteiger charge is 2.43. The summed E-state index contributed by atoms with van der Waals surface area (Å²) in [5.41, 5.74) is -1.47. The fourth-order valence-corrected chi connectivity index (χ4v) is 1.88. The van der Waals surface area contributed by atoms with Crippen molar-refractivity contribution in [3.63, 3.8) is 0 Å². The van der Waals surface area contributed by atoms with Gasteiger partial charge in [-0.25, -0.2) is 0 Å². The number of halogens is 3. The second kappa shape index (κ2) is 5.23. The molecule has 0 aliphatic carbocycles. The zero-order chi connectivity index (χ0) is 20.1. The van der Waals surface area contributed by atoms with Crippen LogP contribution in [0.4, 0.5) is 18.9 Å². The number of carbonyl (C=O) groups is 1. The predicted molar refractivity (Wildman–Crippen MR) is 64.8 cm³/mol. The molecule has 0 spiro atoms. The van der Waals surface area contributed by atoms with Crippen LogP contribution in [0.2, 0.25) is 0 Å². The van der Waals surface area contributed by atoms with E-state index < -0.39 is 54.1 Å². The minimum atomic E-state index is -5.32. The Morgan fingerprint density at radius 2 is 2.24 bits per heavy atom. The normalized spacial score (nSPS) is 21.1. The van der Waals surface area contributed by atoms with Gasteiger partial charge in [-0.1, -0.05) is 0 Å². The summed E-state index contributed by atoms with van der Waals surface area (Å²) in [5, 5.41) is 11.1. The van der Waals surface area contributed by atoms with E-state index in [1.54, 1.807) is 0 Å². The first-order valence-corrected chi connectivity index (χ1v) is 5.54. The van der Waals surface area contributed by atoms with Crippen LogP contribution in [0.25, 0.3) is 0 Å². The van der Waals surface area contributed by atoms with Crippen LogP contribution >= 0.6 is 0 Å². The number of carbonyl (C=O) groups excluding carboxylic acids is 1. The summed E-state index contributed by atoms with van der Waals surface area (Å²) < 4.78 is 79.3. The number of rotatable bonds is 2. The van der Waals surface area contributed by atoms with E-state index in [0.717, 1.165) is 6.07 Å². The fourth-order valence-electron chi connectivity index (χ4n) is 1.88. The van der Waals surface area contributed by atoms with E-state index in [1.165, 1.54) is 0 Å². The van der Waals surface area contributed by atoms with Crippen LogP contribution in [0.15, 0.2) is 12.1 Å². The Balaban J connectivity index is 2.57. The zero-order valence-corrected chi connectivity index (χ0v) is 10.2. The SMILES string of the molecule is [2H]C([2H])([2H])Oc1cc2c(cc1[N+](=O)[O-])C([2H])([2H])N(C(=O)C(F)(F)F)CC2. The van der Waals surface area contributed by atoms with Gasteiger partial charge in [-0.3, -0.25) is 14.9 Å². The largest absolute Gasteiger partial charge is 0.490 e. The van der Waals surface area contributed by atoms with Crippen LogP contribution in [-0.4, -0.2) is 35.5 Å².